The predicted molar refractivity (Wildman–Crippen MR) is 74.4 cm³/mol. The summed E-state index contributed by atoms with van der Waals surface area (Å²) in [6.07, 6.45) is 0. The van der Waals surface area contributed by atoms with E-state index in [2.05, 4.69) is 6.92 Å². The van der Waals surface area contributed by atoms with Crippen molar-refractivity contribution in [2.75, 3.05) is 7.11 Å². The maximum atomic E-state index is 13.3. The molecular formula is C14H14ClFOS. The van der Waals surface area contributed by atoms with Crippen LogP contribution in [-0.2, 0) is 0 Å². The molecule has 1 aromatic heterocycles. The van der Waals surface area contributed by atoms with Crippen LogP contribution in [0.25, 0.3) is 0 Å². The van der Waals surface area contributed by atoms with Gasteiger partial charge in [-0.1, -0.05) is 0 Å². The van der Waals surface area contributed by atoms with Crippen LogP contribution < -0.4 is 4.74 Å². The lowest BCUT2D eigenvalue weighted by Crippen LogP contribution is -1.96. The van der Waals surface area contributed by atoms with Crippen LogP contribution in [0.1, 0.15) is 26.3 Å². The molecule has 0 aliphatic heterocycles. The molecule has 0 N–H and O–H groups in total. The van der Waals surface area contributed by atoms with E-state index in [1.807, 2.05) is 13.0 Å². The minimum absolute atomic E-state index is 0.304. The van der Waals surface area contributed by atoms with E-state index in [4.69, 9.17) is 16.3 Å². The molecule has 1 atom stereocenters. The number of alkyl halides is 1. The van der Waals surface area contributed by atoms with Gasteiger partial charge in [0.15, 0.2) is 0 Å². The first-order chi connectivity index (χ1) is 8.52. The van der Waals surface area contributed by atoms with Gasteiger partial charge in [-0.2, -0.15) is 0 Å². The zero-order chi connectivity index (χ0) is 13.3. The molecular weight excluding hydrogens is 271 g/mol. The van der Waals surface area contributed by atoms with E-state index in [0.29, 0.717) is 11.3 Å². The average molecular weight is 285 g/mol. The van der Waals surface area contributed by atoms with E-state index in [-0.39, 0.29) is 11.2 Å². The molecule has 0 bridgehead atoms. The molecule has 0 saturated carbocycles. The van der Waals surface area contributed by atoms with Gasteiger partial charge in [-0.05, 0) is 43.7 Å². The lowest BCUT2D eigenvalue weighted by molar-refractivity contribution is 0.409. The number of hydrogen-bond donors (Lipinski definition) is 0. The molecule has 96 valence electrons. The summed E-state index contributed by atoms with van der Waals surface area (Å²) in [7, 11) is 1.56. The molecule has 0 amide bonds. The first-order valence-corrected chi connectivity index (χ1v) is 6.82. The summed E-state index contributed by atoms with van der Waals surface area (Å²) in [4.78, 5) is 2.24. The van der Waals surface area contributed by atoms with Crippen molar-refractivity contribution in [1.82, 2.24) is 0 Å². The third kappa shape index (κ3) is 2.52. The minimum atomic E-state index is -0.381. The maximum absolute atomic E-state index is 13.3. The number of benzene rings is 1. The van der Waals surface area contributed by atoms with Crippen molar-refractivity contribution in [3.63, 3.8) is 0 Å². The molecule has 2 aromatic rings. The Morgan fingerprint density at radius 3 is 2.56 bits per heavy atom. The van der Waals surface area contributed by atoms with Crippen molar-refractivity contribution < 1.29 is 9.13 Å². The summed E-state index contributed by atoms with van der Waals surface area (Å²) in [5, 5.41) is -0.381. The zero-order valence-corrected chi connectivity index (χ0v) is 12.0. The number of rotatable bonds is 3. The third-order valence-corrected chi connectivity index (χ3v) is 4.72. The summed E-state index contributed by atoms with van der Waals surface area (Å²) >= 11 is 8.07. The number of halogens is 2. The molecule has 0 radical (unpaired) electrons. The molecule has 0 fully saturated rings. The van der Waals surface area contributed by atoms with E-state index < -0.39 is 0 Å². The molecule has 0 spiro atoms. The van der Waals surface area contributed by atoms with Crippen molar-refractivity contribution in [2.45, 2.75) is 19.2 Å². The van der Waals surface area contributed by atoms with Gasteiger partial charge in [0.1, 0.15) is 11.6 Å². The SMILES string of the molecule is COc1ccc(F)cc1C(Cl)c1cc(C)c(C)s1. The van der Waals surface area contributed by atoms with Gasteiger partial charge in [0.05, 0.1) is 12.5 Å². The Bertz CT molecular complexity index is 545. The highest BCUT2D eigenvalue weighted by molar-refractivity contribution is 7.12. The number of ether oxygens (including phenoxy) is 1. The largest absolute Gasteiger partial charge is 0.496 e. The Morgan fingerprint density at radius 1 is 1.28 bits per heavy atom. The highest BCUT2D eigenvalue weighted by Crippen LogP contribution is 2.39. The molecule has 1 heterocycles. The van der Waals surface area contributed by atoms with Crippen LogP contribution in [0.2, 0.25) is 0 Å². The molecule has 0 aliphatic rings. The van der Waals surface area contributed by atoms with Crippen LogP contribution in [0.5, 0.6) is 5.75 Å². The van der Waals surface area contributed by atoms with Gasteiger partial charge in [0.25, 0.3) is 0 Å². The molecule has 0 aliphatic carbocycles. The van der Waals surface area contributed by atoms with Crippen LogP contribution in [0.4, 0.5) is 4.39 Å². The van der Waals surface area contributed by atoms with Gasteiger partial charge in [0, 0.05) is 15.3 Å². The fourth-order valence-corrected chi connectivity index (χ4v) is 3.19. The zero-order valence-electron chi connectivity index (χ0n) is 10.5. The van der Waals surface area contributed by atoms with Crippen molar-refractivity contribution in [1.29, 1.82) is 0 Å². The summed E-state index contributed by atoms with van der Waals surface area (Å²) in [6, 6.07) is 6.45. The van der Waals surface area contributed by atoms with Crippen LogP contribution in [0.3, 0.4) is 0 Å². The monoisotopic (exact) mass is 284 g/mol. The molecule has 1 aromatic carbocycles. The van der Waals surface area contributed by atoms with E-state index in [1.54, 1.807) is 24.5 Å². The Hall–Kier alpha value is -1.06. The molecule has 0 saturated heterocycles. The molecule has 2 rings (SSSR count). The summed E-state index contributed by atoms with van der Waals surface area (Å²) in [5.41, 5.74) is 1.87. The number of hydrogen-bond acceptors (Lipinski definition) is 2. The predicted octanol–water partition coefficient (Wildman–Crippen LogP) is 4.84. The first-order valence-electron chi connectivity index (χ1n) is 5.57. The van der Waals surface area contributed by atoms with Gasteiger partial charge < -0.3 is 4.74 Å². The van der Waals surface area contributed by atoms with Gasteiger partial charge in [0.2, 0.25) is 0 Å². The molecule has 4 heteroatoms. The fourth-order valence-electron chi connectivity index (χ4n) is 1.78. The van der Waals surface area contributed by atoms with Crippen LogP contribution in [-0.4, -0.2) is 7.11 Å². The highest BCUT2D eigenvalue weighted by Gasteiger charge is 2.19. The lowest BCUT2D eigenvalue weighted by atomic mass is 10.1. The number of thiophene rings is 1. The van der Waals surface area contributed by atoms with E-state index in [1.165, 1.54) is 22.6 Å². The van der Waals surface area contributed by atoms with Crippen LogP contribution in [0, 0.1) is 19.7 Å². The first kappa shape index (κ1) is 13.4. The minimum Gasteiger partial charge on any atom is -0.496 e. The van der Waals surface area contributed by atoms with Gasteiger partial charge in [-0.3, -0.25) is 0 Å². The Morgan fingerprint density at radius 2 is 2.00 bits per heavy atom. The quantitative estimate of drug-likeness (QED) is 0.733. The fraction of sp³-hybridized carbons (Fsp3) is 0.286. The van der Waals surface area contributed by atoms with Crippen LogP contribution >= 0.6 is 22.9 Å². The Labute approximate surface area is 115 Å². The Kier molecular flexibility index (Phi) is 3.93. The third-order valence-electron chi connectivity index (χ3n) is 2.90. The molecule has 1 unspecified atom stereocenters. The summed E-state index contributed by atoms with van der Waals surface area (Å²) in [6.45, 7) is 4.09. The van der Waals surface area contributed by atoms with E-state index in [0.717, 1.165) is 4.88 Å². The van der Waals surface area contributed by atoms with Crippen molar-refractivity contribution in [3.8, 4) is 5.75 Å². The standard InChI is InChI=1S/C14H14ClFOS/c1-8-6-13(18-9(8)2)14(15)11-7-10(16)4-5-12(11)17-3/h4-7,14H,1-3H3. The second kappa shape index (κ2) is 5.29. The smallest absolute Gasteiger partial charge is 0.124 e. The molecule has 1 nitrogen and oxygen atoms in total. The summed E-state index contributed by atoms with van der Waals surface area (Å²) in [5.74, 6) is 0.307. The van der Waals surface area contributed by atoms with E-state index >= 15 is 0 Å². The number of aryl methyl sites for hydroxylation is 2. The second-order valence-electron chi connectivity index (χ2n) is 4.14. The maximum Gasteiger partial charge on any atom is 0.124 e. The van der Waals surface area contributed by atoms with Crippen molar-refractivity contribution >= 4 is 22.9 Å². The van der Waals surface area contributed by atoms with Crippen molar-refractivity contribution in [3.05, 3.63) is 51.0 Å². The lowest BCUT2D eigenvalue weighted by Gasteiger charge is -2.12. The number of methoxy groups -OCH3 is 1. The van der Waals surface area contributed by atoms with E-state index in [9.17, 15) is 4.39 Å². The second-order valence-corrected chi connectivity index (χ2v) is 5.86. The molecule has 18 heavy (non-hydrogen) atoms. The van der Waals surface area contributed by atoms with Crippen molar-refractivity contribution in [2.24, 2.45) is 0 Å². The summed E-state index contributed by atoms with van der Waals surface area (Å²) < 4.78 is 18.6. The normalized spacial score (nSPS) is 12.5. The van der Waals surface area contributed by atoms with Gasteiger partial charge in [-0.15, -0.1) is 22.9 Å². The van der Waals surface area contributed by atoms with Gasteiger partial charge >= 0.3 is 0 Å². The highest BCUT2D eigenvalue weighted by atomic mass is 35.5. The van der Waals surface area contributed by atoms with Crippen LogP contribution in [0.15, 0.2) is 24.3 Å². The van der Waals surface area contributed by atoms with Gasteiger partial charge in [-0.25, -0.2) is 4.39 Å². The Balaban J connectivity index is 2.44. The average Bonchev–Trinajstić information content (AvgIpc) is 2.68. The topological polar surface area (TPSA) is 9.23 Å².